The Bertz CT molecular complexity index is 448. The van der Waals surface area contributed by atoms with Gasteiger partial charge in [0.05, 0.1) is 16.9 Å². The highest BCUT2D eigenvalue weighted by molar-refractivity contribution is 7.16. The Morgan fingerprint density at radius 1 is 1.42 bits per heavy atom. The molecule has 1 aromatic rings. The van der Waals surface area contributed by atoms with Crippen LogP contribution < -0.4 is 10.6 Å². The third-order valence-electron chi connectivity index (χ3n) is 4.24. The summed E-state index contributed by atoms with van der Waals surface area (Å²) < 4.78 is 0.772. The molecule has 2 N–H and O–H groups in total. The number of nitrogens with one attached hydrogen (secondary N) is 2. The molecule has 1 aliphatic carbocycles. The zero-order valence-corrected chi connectivity index (χ0v) is 12.4. The maximum Gasteiger partial charge on any atom is 0.237 e. The van der Waals surface area contributed by atoms with Crippen LogP contribution in [-0.2, 0) is 11.3 Å². The van der Waals surface area contributed by atoms with Crippen molar-refractivity contribution in [2.24, 2.45) is 5.92 Å². The Balaban J connectivity index is 1.51. The van der Waals surface area contributed by atoms with Crippen molar-refractivity contribution in [3.05, 3.63) is 21.3 Å². The van der Waals surface area contributed by atoms with Crippen LogP contribution in [0.3, 0.4) is 0 Å². The van der Waals surface area contributed by atoms with Gasteiger partial charge >= 0.3 is 0 Å². The molecule has 1 saturated heterocycles. The second kappa shape index (κ2) is 5.81. The van der Waals surface area contributed by atoms with Gasteiger partial charge in [-0.1, -0.05) is 24.4 Å². The number of fused-ring (bicyclic) bond motifs is 1. The number of carbonyl (C=O) groups is 1. The number of rotatable bonds is 3. The van der Waals surface area contributed by atoms with Gasteiger partial charge in [-0.05, 0) is 37.3 Å². The average Bonchev–Trinajstić information content (AvgIpc) is 3.01. The largest absolute Gasteiger partial charge is 0.350 e. The quantitative estimate of drug-likeness (QED) is 0.901. The van der Waals surface area contributed by atoms with E-state index < -0.39 is 0 Å². The highest BCUT2D eigenvalue weighted by atomic mass is 35.5. The number of hydrogen-bond acceptors (Lipinski definition) is 3. The van der Waals surface area contributed by atoms with Crippen LogP contribution in [0, 0.1) is 5.92 Å². The summed E-state index contributed by atoms with van der Waals surface area (Å²) in [5.74, 6) is 0.847. The molecule has 2 aliphatic rings. The number of hydrogen-bond donors (Lipinski definition) is 2. The Morgan fingerprint density at radius 3 is 3.00 bits per heavy atom. The minimum absolute atomic E-state index is 0.00327. The van der Waals surface area contributed by atoms with Gasteiger partial charge in [0.15, 0.2) is 0 Å². The smallest absolute Gasteiger partial charge is 0.237 e. The molecule has 1 aromatic heterocycles. The van der Waals surface area contributed by atoms with Crippen LogP contribution >= 0.6 is 22.9 Å². The minimum Gasteiger partial charge on any atom is -0.350 e. The molecule has 0 spiro atoms. The van der Waals surface area contributed by atoms with Gasteiger partial charge in [0.1, 0.15) is 0 Å². The molecule has 1 saturated carbocycles. The minimum atomic E-state index is 0.00327. The van der Waals surface area contributed by atoms with Gasteiger partial charge < -0.3 is 10.6 Å². The van der Waals surface area contributed by atoms with Crippen molar-refractivity contribution >= 4 is 28.8 Å². The van der Waals surface area contributed by atoms with Gasteiger partial charge in [0.2, 0.25) is 5.91 Å². The summed E-state index contributed by atoms with van der Waals surface area (Å²) in [5.41, 5.74) is 0. The monoisotopic (exact) mass is 298 g/mol. The molecule has 2 fully saturated rings. The average molecular weight is 299 g/mol. The normalized spacial score (nSPS) is 30.1. The fourth-order valence-corrected chi connectivity index (χ4v) is 4.29. The predicted octanol–water partition coefficient (Wildman–Crippen LogP) is 2.94. The van der Waals surface area contributed by atoms with Crippen molar-refractivity contribution in [3.63, 3.8) is 0 Å². The highest BCUT2D eigenvalue weighted by Gasteiger charge is 2.37. The lowest BCUT2D eigenvalue weighted by Crippen LogP contribution is -2.42. The van der Waals surface area contributed by atoms with Crippen LogP contribution in [0.1, 0.15) is 37.0 Å². The van der Waals surface area contributed by atoms with E-state index in [0.717, 1.165) is 15.6 Å². The molecule has 1 aliphatic heterocycles. The van der Waals surface area contributed by atoms with Gasteiger partial charge in [-0.15, -0.1) is 11.3 Å². The van der Waals surface area contributed by atoms with Crippen molar-refractivity contribution < 1.29 is 4.79 Å². The van der Waals surface area contributed by atoms with Crippen LogP contribution in [0.5, 0.6) is 0 Å². The van der Waals surface area contributed by atoms with E-state index in [-0.39, 0.29) is 11.9 Å². The number of thiophene rings is 1. The Labute approximate surface area is 122 Å². The molecule has 0 aromatic carbocycles. The second-order valence-electron chi connectivity index (χ2n) is 5.53. The number of amides is 1. The molecule has 3 unspecified atom stereocenters. The maximum atomic E-state index is 12.2. The van der Waals surface area contributed by atoms with Crippen LogP contribution in [0.2, 0.25) is 4.34 Å². The summed E-state index contributed by atoms with van der Waals surface area (Å²) in [4.78, 5) is 13.3. The summed E-state index contributed by atoms with van der Waals surface area (Å²) in [7, 11) is 0. The molecule has 1 amide bonds. The fourth-order valence-electron chi connectivity index (χ4n) is 3.27. The molecular formula is C14H19ClN2OS. The lowest BCUT2D eigenvalue weighted by atomic mass is 9.85. The van der Waals surface area contributed by atoms with Crippen molar-refractivity contribution in [3.8, 4) is 0 Å². The van der Waals surface area contributed by atoms with Crippen LogP contribution in [0.4, 0.5) is 0 Å². The lowest BCUT2D eigenvalue weighted by molar-refractivity contribution is -0.123. The first-order valence-corrected chi connectivity index (χ1v) is 8.20. The Kier molecular flexibility index (Phi) is 4.10. The van der Waals surface area contributed by atoms with Crippen molar-refractivity contribution in [1.29, 1.82) is 0 Å². The molecule has 0 radical (unpaired) electrons. The molecule has 3 nitrogen and oxygen atoms in total. The van der Waals surface area contributed by atoms with Gasteiger partial charge in [-0.25, -0.2) is 0 Å². The Morgan fingerprint density at radius 2 is 2.26 bits per heavy atom. The zero-order chi connectivity index (χ0) is 13.2. The lowest BCUT2D eigenvalue weighted by Gasteiger charge is -2.24. The molecule has 104 valence electrons. The first-order chi connectivity index (χ1) is 9.22. The molecule has 0 bridgehead atoms. The van der Waals surface area contributed by atoms with E-state index in [1.165, 1.54) is 37.0 Å². The highest BCUT2D eigenvalue weighted by Crippen LogP contribution is 2.33. The molecule has 5 heteroatoms. The molecule has 3 rings (SSSR count). The van der Waals surface area contributed by atoms with Gasteiger partial charge in [0, 0.05) is 10.9 Å². The van der Waals surface area contributed by atoms with Gasteiger partial charge in [-0.2, -0.15) is 0 Å². The van der Waals surface area contributed by atoms with E-state index in [0.29, 0.717) is 18.5 Å². The van der Waals surface area contributed by atoms with Crippen molar-refractivity contribution in [1.82, 2.24) is 10.6 Å². The molecule has 3 atom stereocenters. The number of halogens is 1. The summed E-state index contributed by atoms with van der Waals surface area (Å²) in [5, 5.41) is 6.51. The third kappa shape index (κ3) is 3.12. The second-order valence-corrected chi connectivity index (χ2v) is 7.33. The van der Waals surface area contributed by atoms with Gasteiger partial charge in [0.25, 0.3) is 0 Å². The van der Waals surface area contributed by atoms with E-state index in [4.69, 9.17) is 11.6 Å². The van der Waals surface area contributed by atoms with E-state index in [1.807, 2.05) is 12.1 Å². The van der Waals surface area contributed by atoms with E-state index in [9.17, 15) is 4.79 Å². The third-order valence-corrected chi connectivity index (χ3v) is 5.48. The predicted molar refractivity (Wildman–Crippen MR) is 78.5 cm³/mol. The van der Waals surface area contributed by atoms with E-state index >= 15 is 0 Å². The van der Waals surface area contributed by atoms with Crippen LogP contribution in [0.25, 0.3) is 0 Å². The van der Waals surface area contributed by atoms with Crippen LogP contribution in [-0.4, -0.2) is 18.0 Å². The van der Waals surface area contributed by atoms with Crippen molar-refractivity contribution in [2.45, 2.75) is 50.7 Å². The summed E-state index contributed by atoms with van der Waals surface area (Å²) >= 11 is 7.40. The molecule has 2 heterocycles. The maximum absolute atomic E-state index is 12.2. The zero-order valence-electron chi connectivity index (χ0n) is 10.8. The first kappa shape index (κ1) is 13.4. The molecule has 19 heavy (non-hydrogen) atoms. The van der Waals surface area contributed by atoms with Crippen molar-refractivity contribution in [2.75, 3.05) is 0 Å². The number of carbonyl (C=O) groups excluding carboxylic acids is 1. The van der Waals surface area contributed by atoms with E-state index in [2.05, 4.69) is 10.6 Å². The fraction of sp³-hybridized carbons (Fsp3) is 0.643. The van der Waals surface area contributed by atoms with Gasteiger partial charge in [-0.3, -0.25) is 4.79 Å². The summed E-state index contributed by atoms with van der Waals surface area (Å²) in [6, 6.07) is 4.41. The van der Waals surface area contributed by atoms with Crippen LogP contribution in [0.15, 0.2) is 12.1 Å². The molecular weight excluding hydrogens is 280 g/mol. The standard InChI is InChI=1S/C14H19ClN2OS/c15-13-6-5-10(19-13)8-16-14(18)12-7-9-3-1-2-4-11(9)17-12/h5-6,9,11-12,17H,1-4,7-8H2,(H,16,18). The van der Waals surface area contributed by atoms with E-state index in [1.54, 1.807) is 0 Å². The SMILES string of the molecule is O=C(NCc1ccc(Cl)s1)C1CC2CCCCC2N1. The first-order valence-electron chi connectivity index (χ1n) is 7.00. The summed E-state index contributed by atoms with van der Waals surface area (Å²) in [6.07, 6.45) is 6.14. The summed E-state index contributed by atoms with van der Waals surface area (Å²) in [6.45, 7) is 0.587. The topological polar surface area (TPSA) is 41.1 Å². The Hall–Kier alpha value is -0.580.